The molecule has 1 aromatic carbocycles. The molecule has 0 fully saturated rings. The number of carbonyl (C=O) groups is 1. The van der Waals surface area contributed by atoms with Gasteiger partial charge in [0.1, 0.15) is 11.9 Å². The Labute approximate surface area is 107 Å². The summed E-state index contributed by atoms with van der Waals surface area (Å²) in [6.45, 7) is 4.62. The number of rotatable bonds is 6. The zero-order valence-electron chi connectivity index (χ0n) is 11.1. The average Bonchev–Trinajstić information content (AvgIpc) is 2.35. The van der Waals surface area contributed by atoms with Crippen molar-refractivity contribution in [1.29, 1.82) is 0 Å². The van der Waals surface area contributed by atoms with E-state index in [4.69, 9.17) is 4.74 Å². The lowest BCUT2D eigenvalue weighted by molar-refractivity contribution is -0.143. The summed E-state index contributed by atoms with van der Waals surface area (Å²) in [6.07, 6.45) is 0.716. The SMILES string of the molecule is COC(=O)C(CC(C)C)NCc1ccc(F)cc1. The van der Waals surface area contributed by atoms with Crippen molar-refractivity contribution in [3.8, 4) is 0 Å². The molecule has 0 aliphatic heterocycles. The molecule has 0 aliphatic carbocycles. The van der Waals surface area contributed by atoms with Crippen molar-refractivity contribution in [3.05, 3.63) is 35.6 Å². The quantitative estimate of drug-likeness (QED) is 0.792. The van der Waals surface area contributed by atoms with Crippen LogP contribution in [0, 0.1) is 11.7 Å². The fourth-order valence-electron chi connectivity index (χ4n) is 1.72. The van der Waals surface area contributed by atoms with E-state index in [1.807, 2.05) is 0 Å². The number of hydrogen-bond donors (Lipinski definition) is 1. The predicted octanol–water partition coefficient (Wildman–Crippen LogP) is 2.50. The maximum Gasteiger partial charge on any atom is 0.322 e. The first-order valence-electron chi connectivity index (χ1n) is 6.08. The number of halogens is 1. The van der Waals surface area contributed by atoms with Crippen LogP contribution < -0.4 is 5.32 Å². The molecular formula is C14H20FNO2. The van der Waals surface area contributed by atoms with E-state index in [2.05, 4.69) is 19.2 Å². The number of ether oxygens (including phenoxy) is 1. The van der Waals surface area contributed by atoms with Crippen molar-refractivity contribution in [1.82, 2.24) is 5.32 Å². The smallest absolute Gasteiger partial charge is 0.322 e. The second-order valence-electron chi connectivity index (χ2n) is 4.71. The summed E-state index contributed by atoms with van der Waals surface area (Å²) in [6, 6.07) is 5.90. The van der Waals surface area contributed by atoms with Crippen LogP contribution in [0.5, 0.6) is 0 Å². The molecule has 1 atom stereocenters. The molecule has 0 radical (unpaired) electrons. The third kappa shape index (κ3) is 4.84. The van der Waals surface area contributed by atoms with E-state index in [0.29, 0.717) is 18.9 Å². The first kappa shape index (κ1) is 14.6. The molecule has 18 heavy (non-hydrogen) atoms. The number of benzene rings is 1. The van der Waals surface area contributed by atoms with Gasteiger partial charge in [-0.05, 0) is 30.0 Å². The van der Waals surface area contributed by atoms with Crippen LogP contribution in [-0.2, 0) is 16.1 Å². The summed E-state index contributed by atoms with van der Waals surface area (Å²) >= 11 is 0. The van der Waals surface area contributed by atoms with Crippen molar-refractivity contribution in [2.75, 3.05) is 7.11 Å². The predicted molar refractivity (Wildman–Crippen MR) is 68.5 cm³/mol. The highest BCUT2D eigenvalue weighted by Crippen LogP contribution is 2.08. The first-order chi connectivity index (χ1) is 8.52. The van der Waals surface area contributed by atoms with Gasteiger partial charge in [-0.15, -0.1) is 0 Å². The molecule has 0 heterocycles. The molecule has 1 aromatic rings. The Morgan fingerprint density at radius 3 is 2.44 bits per heavy atom. The zero-order valence-corrected chi connectivity index (χ0v) is 11.1. The van der Waals surface area contributed by atoms with Crippen LogP contribution in [-0.4, -0.2) is 19.1 Å². The molecule has 1 rings (SSSR count). The maximum atomic E-state index is 12.7. The van der Waals surface area contributed by atoms with Crippen LogP contribution in [0.3, 0.4) is 0 Å². The lowest BCUT2D eigenvalue weighted by Crippen LogP contribution is -2.38. The monoisotopic (exact) mass is 253 g/mol. The topological polar surface area (TPSA) is 38.3 Å². The molecule has 0 amide bonds. The number of nitrogens with one attached hydrogen (secondary N) is 1. The molecule has 0 aromatic heterocycles. The standard InChI is InChI=1S/C14H20FNO2/c1-10(2)8-13(14(17)18-3)16-9-11-4-6-12(15)7-5-11/h4-7,10,13,16H,8-9H2,1-3H3. The van der Waals surface area contributed by atoms with Gasteiger partial charge in [0.2, 0.25) is 0 Å². The number of carbonyl (C=O) groups excluding carboxylic acids is 1. The van der Waals surface area contributed by atoms with Crippen LogP contribution in [0.25, 0.3) is 0 Å². The zero-order chi connectivity index (χ0) is 13.5. The minimum atomic E-state index is -0.319. The Hall–Kier alpha value is -1.42. The Morgan fingerprint density at radius 2 is 1.94 bits per heavy atom. The Balaban J connectivity index is 2.55. The first-order valence-corrected chi connectivity index (χ1v) is 6.08. The molecule has 0 saturated heterocycles. The maximum absolute atomic E-state index is 12.7. The van der Waals surface area contributed by atoms with Gasteiger partial charge in [0, 0.05) is 6.54 Å². The summed E-state index contributed by atoms with van der Waals surface area (Å²) < 4.78 is 17.5. The number of methoxy groups -OCH3 is 1. The lowest BCUT2D eigenvalue weighted by Gasteiger charge is -2.18. The van der Waals surface area contributed by atoms with Gasteiger partial charge in [0.05, 0.1) is 7.11 Å². The van der Waals surface area contributed by atoms with Crippen LogP contribution in [0.15, 0.2) is 24.3 Å². The highest BCUT2D eigenvalue weighted by molar-refractivity contribution is 5.75. The van der Waals surface area contributed by atoms with Gasteiger partial charge in [-0.2, -0.15) is 0 Å². The van der Waals surface area contributed by atoms with Crippen LogP contribution in [0.4, 0.5) is 4.39 Å². The number of esters is 1. The largest absolute Gasteiger partial charge is 0.468 e. The third-order valence-electron chi connectivity index (χ3n) is 2.66. The summed E-state index contributed by atoms with van der Waals surface area (Å²) in [7, 11) is 1.38. The second-order valence-corrected chi connectivity index (χ2v) is 4.71. The second kappa shape index (κ2) is 7.11. The van der Waals surface area contributed by atoms with Crippen molar-refractivity contribution < 1.29 is 13.9 Å². The van der Waals surface area contributed by atoms with E-state index in [1.165, 1.54) is 19.2 Å². The van der Waals surface area contributed by atoms with E-state index in [9.17, 15) is 9.18 Å². The highest BCUT2D eigenvalue weighted by Gasteiger charge is 2.19. The Bertz CT molecular complexity index is 376. The molecular weight excluding hydrogens is 233 g/mol. The Morgan fingerprint density at radius 1 is 1.33 bits per heavy atom. The van der Waals surface area contributed by atoms with E-state index < -0.39 is 0 Å². The minimum absolute atomic E-state index is 0.259. The van der Waals surface area contributed by atoms with Gasteiger partial charge in [-0.1, -0.05) is 26.0 Å². The van der Waals surface area contributed by atoms with E-state index >= 15 is 0 Å². The van der Waals surface area contributed by atoms with E-state index in [0.717, 1.165) is 5.56 Å². The van der Waals surface area contributed by atoms with Gasteiger partial charge in [-0.3, -0.25) is 4.79 Å². The summed E-state index contributed by atoms with van der Waals surface area (Å²) in [5.41, 5.74) is 0.939. The van der Waals surface area contributed by atoms with Gasteiger partial charge in [-0.25, -0.2) is 4.39 Å². The van der Waals surface area contributed by atoms with Crippen molar-refractivity contribution in [2.24, 2.45) is 5.92 Å². The molecule has 0 bridgehead atoms. The van der Waals surface area contributed by atoms with E-state index in [1.54, 1.807) is 12.1 Å². The molecule has 0 saturated carbocycles. The van der Waals surface area contributed by atoms with E-state index in [-0.39, 0.29) is 17.8 Å². The van der Waals surface area contributed by atoms with Gasteiger partial charge in [0.25, 0.3) is 0 Å². The molecule has 3 nitrogen and oxygen atoms in total. The molecule has 1 N–H and O–H groups in total. The van der Waals surface area contributed by atoms with Gasteiger partial charge < -0.3 is 10.1 Å². The number of hydrogen-bond acceptors (Lipinski definition) is 3. The van der Waals surface area contributed by atoms with Gasteiger partial charge >= 0.3 is 5.97 Å². The normalized spacial score (nSPS) is 12.5. The summed E-state index contributed by atoms with van der Waals surface area (Å²) in [4.78, 5) is 11.6. The van der Waals surface area contributed by atoms with Crippen LogP contribution in [0.2, 0.25) is 0 Å². The summed E-state index contributed by atoms with van der Waals surface area (Å²) in [5.74, 6) is -0.119. The minimum Gasteiger partial charge on any atom is -0.468 e. The molecule has 4 heteroatoms. The summed E-state index contributed by atoms with van der Waals surface area (Å²) in [5, 5.41) is 3.14. The fraction of sp³-hybridized carbons (Fsp3) is 0.500. The van der Waals surface area contributed by atoms with Crippen molar-refractivity contribution in [3.63, 3.8) is 0 Å². The van der Waals surface area contributed by atoms with Crippen molar-refractivity contribution >= 4 is 5.97 Å². The van der Waals surface area contributed by atoms with Crippen LogP contribution >= 0.6 is 0 Å². The van der Waals surface area contributed by atoms with Gasteiger partial charge in [0.15, 0.2) is 0 Å². The highest BCUT2D eigenvalue weighted by atomic mass is 19.1. The molecule has 0 aliphatic rings. The average molecular weight is 253 g/mol. The molecule has 0 spiro atoms. The third-order valence-corrected chi connectivity index (χ3v) is 2.66. The lowest BCUT2D eigenvalue weighted by atomic mass is 10.0. The fourth-order valence-corrected chi connectivity index (χ4v) is 1.72. The van der Waals surface area contributed by atoms with Crippen molar-refractivity contribution in [2.45, 2.75) is 32.9 Å². The molecule has 1 unspecified atom stereocenters. The molecule has 100 valence electrons. The Kier molecular flexibility index (Phi) is 5.78. The van der Waals surface area contributed by atoms with Crippen LogP contribution in [0.1, 0.15) is 25.8 Å².